The number of unbranched alkanes of at least 4 members (excludes halogenated alkanes) is 59. The molecule has 0 aromatic carbocycles. The van der Waals surface area contributed by atoms with Gasteiger partial charge in [-0.15, -0.1) is 0 Å². The zero-order valence-corrected chi connectivity index (χ0v) is 56.5. The molecule has 0 rings (SSSR count). The van der Waals surface area contributed by atoms with Crippen LogP contribution in [-0.4, -0.2) is 47.4 Å². The molecule has 0 spiro atoms. The SMILES string of the molecule is CCCCCCCCCCC/C=C/C(O)C(CO)NC(=O)CCCCCCCCCCCCCCCCCCC/C=C\CCCCCCCCCCCCCCCCCCCCOC(=O)CCCCCCCCCCCCCCCCCC. The van der Waals surface area contributed by atoms with Crippen molar-refractivity contribution < 1.29 is 24.5 Å². The molecule has 492 valence electrons. The minimum Gasteiger partial charge on any atom is -0.466 e. The summed E-state index contributed by atoms with van der Waals surface area (Å²) in [6, 6.07) is -0.623. The molecule has 0 radical (unpaired) electrons. The number of nitrogens with one attached hydrogen (secondary N) is 1. The molecular weight excluding hydrogens is 1020 g/mol. The van der Waals surface area contributed by atoms with E-state index in [1.165, 1.54) is 366 Å². The minimum atomic E-state index is -0.839. The van der Waals surface area contributed by atoms with Crippen LogP contribution < -0.4 is 5.32 Å². The largest absolute Gasteiger partial charge is 0.466 e. The number of ether oxygens (including phenoxy) is 1. The molecular formula is C77H149NO5. The van der Waals surface area contributed by atoms with E-state index in [0.717, 1.165) is 38.5 Å². The van der Waals surface area contributed by atoms with Gasteiger partial charge in [0.25, 0.3) is 0 Å². The van der Waals surface area contributed by atoms with Crippen LogP contribution in [0.2, 0.25) is 0 Å². The van der Waals surface area contributed by atoms with Gasteiger partial charge in [0.2, 0.25) is 5.91 Å². The van der Waals surface area contributed by atoms with Crippen LogP contribution in [0.25, 0.3) is 0 Å². The van der Waals surface area contributed by atoms with Gasteiger partial charge in [0.1, 0.15) is 0 Å². The van der Waals surface area contributed by atoms with E-state index in [1.54, 1.807) is 6.08 Å². The van der Waals surface area contributed by atoms with Gasteiger partial charge in [-0.25, -0.2) is 0 Å². The van der Waals surface area contributed by atoms with Crippen molar-refractivity contribution in [2.45, 2.75) is 443 Å². The lowest BCUT2D eigenvalue weighted by molar-refractivity contribution is -0.143. The van der Waals surface area contributed by atoms with Crippen LogP contribution in [0.5, 0.6) is 0 Å². The van der Waals surface area contributed by atoms with Crippen molar-refractivity contribution in [3.63, 3.8) is 0 Å². The second kappa shape index (κ2) is 72.8. The highest BCUT2D eigenvalue weighted by molar-refractivity contribution is 5.76. The Morgan fingerprint density at radius 1 is 0.325 bits per heavy atom. The standard InChI is InChI=1S/C77H149NO5/c1-3-5-7-9-11-13-15-16-17-44-47-51-55-59-63-67-71-77(82)83-72-68-64-60-56-52-48-45-42-40-38-36-34-32-30-28-26-24-22-20-18-19-21-23-25-27-29-31-33-35-37-39-41-43-46-50-54-58-62-66-70-76(81)78-74(73-79)75(80)69-65-61-57-53-49-14-12-10-8-6-4-2/h18-19,65,69,74-75,79-80H,3-17,20-64,66-68,70-73H2,1-2H3,(H,78,81)/b19-18-,69-65+. The van der Waals surface area contributed by atoms with Crippen LogP contribution in [0.4, 0.5) is 0 Å². The predicted molar refractivity (Wildman–Crippen MR) is 366 cm³/mol. The first-order valence-electron chi connectivity index (χ1n) is 38.1. The van der Waals surface area contributed by atoms with Gasteiger partial charge >= 0.3 is 5.97 Å². The number of aliphatic hydroxyl groups is 2. The summed E-state index contributed by atoms with van der Waals surface area (Å²) in [4.78, 5) is 24.5. The molecule has 0 saturated carbocycles. The number of allylic oxidation sites excluding steroid dienone is 3. The summed E-state index contributed by atoms with van der Waals surface area (Å²) in [6.45, 7) is 4.93. The molecule has 6 heteroatoms. The van der Waals surface area contributed by atoms with Crippen molar-refractivity contribution in [1.29, 1.82) is 0 Å². The van der Waals surface area contributed by atoms with Gasteiger partial charge < -0.3 is 20.3 Å². The van der Waals surface area contributed by atoms with Crippen molar-refractivity contribution >= 4 is 11.9 Å². The zero-order chi connectivity index (χ0) is 59.9. The first kappa shape index (κ1) is 81.3. The average Bonchev–Trinajstić information content (AvgIpc) is 3.49. The van der Waals surface area contributed by atoms with Crippen LogP contribution in [0, 0.1) is 0 Å². The van der Waals surface area contributed by atoms with Crippen molar-refractivity contribution in [2.24, 2.45) is 0 Å². The molecule has 2 atom stereocenters. The van der Waals surface area contributed by atoms with Crippen molar-refractivity contribution in [3.05, 3.63) is 24.3 Å². The predicted octanol–water partition coefficient (Wildman–Crippen LogP) is 24.9. The second-order valence-electron chi connectivity index (χ2n) is 26.3. The highest BCUT2D eigenvalue weighted by Gasteiger charge is 2.18. The fraction of sp³-hybridized carbons (Fsp3) is 0.922. The molecule has 0 aliphatic rings. The molecule has 6 nitrogen and oxygen atoms in total. The summed E-state index contributed by atoms with van der Waals surface area (Å²) in [6.07, 6.45) is 93.1. The molecule has 1 amide bonds. The Bertz CT molecular complexity index is 1300. The van der Waals surface area contributed by atoms with E-state index >= 15 is 0 Å². The number of rotatable bonds is 72. The number of esters is 1. The Morgan fingerprint density at radius 3 is 0.855 bits per heavy atom. The fourth-order valence-electron chi connectivity index (χ4n) is 12.2. The van der Waals surface area contributed by atoms with Crippen LogP contribution in [0.1, 0.15) is 431 Å². The number of amides is 1. The number of hydrogen-bond donors (Lipinski definition) is 3. The maximum Gasteiger partial charge on any atom is 0.305 e. The van der Waals surface area contributed by atoms with Crippen molar-refractivity contribution in [2.75, 3.05) is 13.2 Å². The van der Waals surface area contributed by atoms with Crippen LogP contribution in [-0.2, 0) is 14.3 Å². The number of carbonyl (C=O) groups excluding carboxylic acids is 2. The molecule has 0 fully saturated rings. The van der Waals surface area contributed by atoms with Crippen LogP contribution >= 0.6 is 0 Å². The highest BCUT2D eigenvalue weighted by Crippen LogP contribution is 2.19. The molecule has 0 aromatic rings. The third kappa shape index (κ3) is 69.3. The third-order valence-corrected chi connectivity index (χ3v) is 18.0. The maximum absolute atomic E-state index is 12.4. The van der Waals surface area contributed by atoms with E-state index in [0.29, 0.717) is 19.4 Å². The minimum absolute atomic E-state index is 0.0265. The highest BCUT2D eigenvalue weighted by atomic mass is 16.5. The Balaban J connectivity index is 3.30. The normalized spacial score (nSPS) is 12.6. The summed E-state index contributed by atoms with van der Waals surface area (Å²) in [5, 5.41) is 23.1. The molecule has 0 aliphatic carbocycles. The molecule has 3 N–H and O–H groups in total. The van der Waals surface area contributed by atoms with E-state index in [9.17, 15) is 19.8 Å². The molecule has 83 heavy (non-hydrogen) atoms. The molecule has 0 heterocycles. The van der Waals surface area contributed by atoms with Gasteiger partial charge in [0, 0.05) is 12.8 Å². The van der Waals surface area contributed by atoms with Crippen molar-refractivity contribution in [1.82, 2.24) is 5.32 Å². The van der Waals surface area contributed by atoms with E-state index in [4.69, 9.17) is 4.74 Å². The van der Waals surface area contributed by atoms with Gasteiger partial charge in [-0.1, -0.05) is 385 Å². The van der Waals surface area contributed by atoms with Gasteiger partial charge in [-0.05, 0) is 57.8 Å². The first-order valence-corrected chi connectivity index (χ1v) is 38.1. The number of hydrogen-bond acceptors (Lipinski definition) is 5. The van der Waals surface area contributed by atoms with Crippen molar-refractivity contribution in [3.8, 4) is 0 Å². The fourth-order valence-corrected chi connectivity index (χ4v) is 12.2. The third-order valence-electron chi connectivity index (χ3n) is 18.0. The number of aliphatic hydroxyl groups excluding tert-OH is 2. The number of carbonyl (C=O) groups is 2. The lowest BCUT2D eigenvalue weighted by atomic mass is 10.0. The van der Waals surface area contributed by atoms with Gasteiger partial charge in [-0.2, -0.15) is 0 Å². The average molecular weight is 1170 g/mol. The van der Waals surface area contributed by atoms with Gasteiger partial charge in [-0.3, -0.25) is 9.59 Å². The molecule has 0 aromatic heterocycles. The Hall–Kier alpha value is -1.66. The molecule has 0 aliphatic heterocycles. The Kier molecular flexibility index (Phi) is 71.4. The monoisotopic (exact) mass is 1170 g/mol. The molecule has 2 unspecified atom stereocenters. The van der Waals surface area contributed by atoms with E-state index in [-0.39, 0.29) is 18.5 Å². The summed E-state index contributed by atoms with van der Waals surface area (Å²) in [5.74, 6) is -0.0364. The van der Waals surface area contributed by atoms with E-state index < -0.39 is 12.1 Å². The lowest BCUT2D eigenvalue weighted by Crippen LogP contribution is -2.45. The second-order valence-corrected chi connectivity index (χ2v) is 26.3. The summed E-state index contributed by atoms with van der Waals surface area (Å²) < 4.78 is 5.51. The smallest absolute Gasteiger partial charge is 0.305 e. The Labute approximate surface area is 520 Å². The van der Waals surface area contributed by atoms with E-state index in [2.05, 4.69) is 31.3 Å². The lowest BCUT2D eigenvalue weighted by Gasteiger charge is -2.20. The van der Waals surface area contributed by atoms with Crippen LogP contribution in [0.3, 0.4) is 0 Å². The Morgan fingerprint density at radius 2 is 0.566 bits per heavy atom. The maximum atomic E-state index is 12.4. The zero-order valence-electron chi connectivity index (χ0n) is 56.5. The summed E-state index contributed by atoms with van der Waals surface area (Å²) in [7, 11) is 0. The van der Waals surface area contributed by atoms with Gasteiger partial charge in [0.05, 0.1) is 25.4 Å². The topological polar surface area (TPSA) is 95.9 Å². The van der Waals surface area contributed by atoms with E-state index in [1.807, 2.05) is 6.08 Å². The molecule has 0 bridgehead atoms. The first-order chi connectivity index (χ1) is 41.0. The summed E-state index contributed by atoms with van der Waals surface area (Å²) in [5.41, 5.74) is 0. The quantitative estimate of drug-likeness (QED) is 0.0320. The molecule has 0 saturated heterocycles. The van der Waals surface area contributed by atoms with Gasteiger partial charge in [0.15, 0.2) is 0 Å². The summed E-state index contributed by atoms with van der Waals surface area (Å²) >= 11 is 0. The van der Waals surface area contributed by atoms with Crippen LogP contribution in [0.15, 0.2) is 24.3 Å².